The molecule has 0 aliphatic carbocycles. The number of benzene rings is 2. The molecule has 2 heterocycles. The minimum absolute atomic E-state index is 0.106. The van der Waals surface area contributed by atoms with E-state index in [1.165, 1.54) is 49.5 Å². The Bertz CT molecular complexity index is 1600. The van der Waals surface area contributed by atoms with Crippen molar-refractivity contribution in [2.45, 2.75) is 55.8 Å². The van der Waals surface area contributed by atoms with Crippen LogP contribution in [0, 0.1) is 11.3 Å². The van der Waals surface area contributed by atoms with E-state index in [1.54, 1.807) is 17.0 Å². The molecule has 1 amide bonds. The first-order chi connectivity index (χ1) is 21.3. The lowest BCUT2D eigenvalue weighted by molar-refractivity contribution is -0.137. The monoisotopic (exact) mass is 652 g/mol. The van der Waals surface area contributed by atoms with Gasteiger partial charge < -0.3 is 19.7 Å². The molecule has 1 aliphatic heterocycles. The van der Waals surface area contributed by atoms with Gasteiger partial charge in [-0.05, 0) is 60.2 Å². The molecule has 0 unspecified atom stereocenters. The Morgan fingerprint density at radius 1 is 1.11 bits per heavy atom. The molecule has 0 spiro atoms. The SMILES string of the molecule is CCS(=O)(=O)c1ccc([C@H](CC#N)NC(=O)c2ccc(N3C[C@H](Oc4ccc(C(F)(F)F)cc4)C[C@H]3COC(F)F)cc2)cn1. The third-order valence-corrected chi connectivity index (χ3v) is 8.84. The number of sulfone groups is 1. The molecule has 3 atom stereocenters. The zero-order chi connectivity index (χ0) is 32.8. The summed E-state index contributed by atoms with van der Waals surface area (Å²) < 4.78 is 98.9. The summed E-state index contributed by atoms with van der Waals surface area (Å²) in [7, 11) is -3.53. The third kappa shape index (κ3) is 8.67. The quantitative estimate of drug-likeness (QED) is 0.253. The summed E-state index contributed by atoms with van der Waals surface area (Å²) in [5.41, 5.74) is 0.413. The van der Waals surface area contributed by atoms with Gasteiger partial charge in [-0.15, -0.1) is 0 Å². The van der Waals surface area contributed by atoms with Crippen LogP contribution in [0.5, 0.6) is 5.75 Å². The van der Waals surface area contributed by atoms with E-state index in [0.29, 0.717) is 11.3 Å². The van der Waals surface area contributed by atoms with E-state index in [9.17, 15) is 40.4 Å². The van der Waals surface area contributed by atoms with Crippen molar-refractivity contribution in [1.82, 2.24) is 10.3 Å². The average Bonchev–Trinajstić information content (AvgIpc) is 3.42. The third-order valence-electron chi connectivity index (χ3n) is 7.20. The van der Waals surface area contributed by atoms with Crippen molar-refractivity contribution in [3.8, 4) is 11.8 Å². The largest absolute Gasteiger partial charge is 0.489 e. The Kier molecular flexibility index (Phi) is 10.6. The second-order valence-corrected chi connectivity index (χ2v) is 12.4. The van der Waals surface area contributed by atoms with Crippen LogP contribution in [0.3, 0.4) is 0 Å². The predicted molar refractivity (Wildman–Crippen MR) is 152 cm³/mol. The highest BCUT2D eigenvalue weighted by Gasteiger charge is 2.35. The standard InChI is InChI=1S/C30H29F5N4O5S/c1-2-45(41,42)27-12-5-20(16-37-27)26(13-14-36)38-28(40)19-3-8-22(9-4-19)39-17-25(15-23(39)18-43-29(31)32)44-24-10-6-21(7-11-24)30(33,34)35/h3-12,16,23,25-26,29H,2,13,15,17-18H2,1H3,(H,38,40)/t23-,25+,26-/m0/s1. The molecule has 1 aromatic heterocycles. The number of hydrogen-bond acceptors (Lipinski definition) is 8. The van der Waals surface area contributed by atoms with Crippen LogP contribution in [0.4, 0.5) is 27.6 Å². The Labute approximate surface area is 256 Å². The molecule has 240 valence electrons. The molecule has 4 rings (SSSR count). The molecule has 0 radical (unpaired) electrons. The molecule has 1 aliphatic rings. The molecule has 1 saturated heterocycles. The smallest absolute Gasteiger partial charge is 0.416 e. The van der Waals surface area contributed by atoms with Crippen molar-refractivity contribution in [2.75, 3.05) is 23.8 Å². The molecule has 1 N–H and O–H groups in total. The molecule has 0 saturated carbocycles. The fourth-order valence-corrected chi connectivity index (χ4v) is 5.64. The summed E-state index contributed by atoms with van der Waals surface area (Å²) in [5, 5.41) is 11.9. The summed E-state index contributed by atoms with van der Waals surface area (Å²) in [6.45, 7) is -1.64. The second kappa shape index (κ2) is 14.2. The summed E-state index contributed by atoms with van der Waals surface area (Å²) in [5.74, 6) is -0.452. The normalized spacial score (nSPS) is 17.6. The summed E-state index contributed by atoms with van der Waals surface area (Å²) in [4.78, 5) is 18.8. The van der Waals surface area contributed by atoms with Gasteiger partial charge in [0.1, 0.15) is 11.9 Å². The first-order valence-corrected chi connectivity index (χ1v) is 15.4. The van der Waals surface area contributed by atoms with Gasteiger partial charge in [0.25, 0.3) is 5.91 Å². The Morgan fingerprint density at radius 2 is 1.80 bits per heavy atom. The number of anilines is 1. The van der Waals surface area contributed by atoms with E-state index in [-0.39, 0.29) is 48.1 Å². The molecule has 1 fully saturated rings. The number of ether oxygens (including phenoxy) is 2. The summed E-state index contributed by atoms with van der Waals surface area (Å²) in [6, 6.07) is 13.9. The highest BCUT2D eigenvalue weighted by molar-refractivity contribution is 7.91. The van der Waals surface area contributed by atoms with Gasteiger partial charge in [-0.2, -0.15) is 27.2 Å². The minimum atomic E-state index is -4.50. The van der Waals surface area contributed by atoms with Crippen LogP contribution >= 0.6 is 0 Å². The van der Waals surface area contributed by atoms with E-state index in [1.807, 2.05) is 6.07 Å². The van der Waals surface area contributed by atoms with Crippen LogP contribution in [0.1, 0.15) is 47.3 Å². The Balaban J connectivity index is 1.46. The molecular weight excluding hydrogens is 623 g/mol. The lowest BCUT2D eigenvalue weighted by atomic mass is 10.1. The van der Waals surface area contributed by atoms with E-state index in [4.69, 9.17) is 4.74 Å². The first-order valence-electron chi connectivity index (χ1n) is 13.8. The van der Waals surface area contributed by atoms with Gasteiger partial charge in [-0.3, -0.25) is 4.79 Å². The lowest BCUT2D eigenvalue weighted by Gasteiger charge is -2.26. The highest BCUT2D eigenvalue weighted by atomic mass is 32.2. The molecule has 9 nitrogen and oxygen atoms in total. The fourth-order valence-electron chi connectivity index (χ4n) is 4.85. The topological polar surface area (TPSA) is 122 Å². The zero-order valence-corrected chi connectivity index (χ0v) is 24.7. The molecule has 15 heteroatoms. The predicted octanol–water partition coefficient (Wildman–Crippen LogP) is 5.54. The zero-order valence-electron chi connectivity index (χ0n) is 23.9. The summed E-state index contributed by atoms with van der Waals surface area (Å²) in [6.07, 6.45) is -3.60. The van der Waals surface area contributed by atoms with Crippen LogP contribution < -0.4 is 15.0 Å². The van der Waals surface area contributed by atoms with Crippen LogP contribution in [-0.4, -0.2) is 57.0 Å². The van der Waals surface area contributed by atoms with Gasteiger partial charge in [0.05, 0.1) is 49.0 Å². The van der Waals surface area contributed by atoms with Gasteiger partial charge >= 0.3 is 12.8 Å². The van der Waals surface area contributed by atoms with Crippen molar-refractivity contribution in [3.05, 3.63) is 83.6 Å². The van der Waals surface area contributed by atoms with Gasteiger partial charge in [-0.1, -0.05) is 13.0 Å². The van der Waals surface area contributed by atoms with Crippen molar-refractivity contribution in [1.29, 1.82) is 5.26 Å². The maximum Gasteiger partial charge on any atom is 0.416 e. The maximum absolute atomic E-state index is 13.0. The van der Waals surface area contributed by atoms with E-state index in [2.05, 4.69) is 15.0 Å². The number of halogens is 5. The number of nitriles is 1. The Morgan fingerprint density at radius 3 is 2.36 bits per heavy atom. The van der Waals surface area contributed by atoms with Crippen LogP contribution in [0.15, 0.2) is 71.9 Å². The van der Waals surface area contributed by atoms with Gasteiger partial charge in [-0.25, -0.2) is 13.4 Å². The number of alkyl halides is 5. The van der Waals surface area contributed by atoms with E-state index < -0.39 is 52.3 Å². The van der Waals surface area contributed by atoms with Crippen molar-refractivity contribution >= 4 is 21.4 Å². The number of rotatable bonds is 12. The van der Waals surface area contributed by atoms with Gasteiger partial charge in [0.2, 0.25) is 0 Å². The number of aromatic nitrogens is 1. The summed E-state index contributed by atoms with van der Waals surface area (Å²) >= 11 is 0. The first kappa shape index (κ1) is 33.6. The second-order valence-electron chi connectivity index (χ2n) is 10.2. The fraction of sp³-hybridized carbons (Fsp3) is 0.367. The van der Waals surface area contributed by atoms with Crippen LogP contribution in [0.2, 0.25) is 0 Å². The van der Waals surface area contributed by atoms with E-state index in [0.717, 1.165) is 12.1 Å². The number of carbonyl (C=O) groups excluding carboxylic acids is 1. The van der Waals surface area contributed by atoms with Crippen LogP contribution in [0.25, 0.3) is 0 Å². The van der Waals surface area contributed by atoms with Gasteiger partial charge in [0.15, 0.2) is 14.9 Å². The minimum Gasteiger partial charge on any atom is -0.489 e. The van der Waals surface area contributed by atoms with Crippen molar-refractivity contribution in [3.63, 3.8) is 0 Å². The number of nitrogens with one attached hydrogen (secondary N) is 1. The number of amides is 1. The number of pyridine rings is 1. The Hall–Kier alpha value is -4.29. The lowest BCUT2D eigenvalue weighted by Crippen LogP contribution is -2.34. The van der Waals surface area contributed by atoms with Gasteiger partial charge in [0, 0.05) is 23.9 Å². The highest BCUT2D eigenvalue weighted by Crippen LogP contribution is 2.33. The molecule has 3 aromatic rings. The number of nitrogens with zero attached hydrogens (tertiary/aromatic N) is 3. The van der Waals surface area contributed by atoms with Crippen molar-refractivity contribution < 1.29 is 44.6 Å². The van der Waals surface area contributed by atoms with E-state index >= 15 is 0 Å². The molecule has 2 aromatic carbocycles. The maximum atomic E-state index is 13.0. The molecule has 45 heavy (non-hydrogen) atoms. The molecule has 0 bridgehead atoms. The molecular formula is C30H29F5N4O5S. The number of carbonyl (C=O) groups is 1. The van der Waals surface area contributed by atoms with Crippen molar-refractivity contribution in [2.24, 2.45) is 0 Å². The number of hydrogen-bond donors (Lipinski definition) is 1. The average molecular weight is 653 g/mol. The van der Waals surface area contributed by atoms with Crippen LogP contribution in [-0.2, 0) is 20.8 Å².